The van der Waals surface area contributed by atoms with E-state index in [1.807, 2.05) is 33.1 Å². The normalized spacial score (nSPS) is 19.3. The largest absolute Gasteiger partial charge is 0.375 e. The van der Waals surface area contributed by atoms with Crippen LogP contribution < -0.4 is 5.56 Å². The van der Waals surface area contributed by atoms with Crippen molar-refractivity contribution in [2.24, 2.45) is 0 Å². The minimum absolute atomic E-state index is 0.0523. The molecule has 2 aromatic rings. The van der Waals surface area contributed by atoms with E-state index in [9.17, 15) is 9.59 Å². The first-order chi connectivity index (χ1) is 12.3. The van der Waals surface area contributed by atoms with Gasteiger partial charge in [-0.25, -0.2) is 9.97 Å². The second-order valence-electron chi connectivity index (χ2n) is 7.07. The van der Waals surface area contributed by atoms with Crippen LogP contribution in [-0.2, 0) is 4.74 Å². The van der Waals surface area contributed by atoms with Crippen LogP contribution in [0, 0.1) is 6.92 Å². The quantitative estimate of drug-likeness (QED) is 0.886. The number of nitrogens with one attached hydrogen (secondary N) is 1. The lowest BCUT2D eigenvalue weighted by molar-refractivity contribution is -0.0777. The van der Waals surface area contributed by atoms with Gasteiger partial charge < -0.3 is 14.6 Å². The number of thiazole rings is 1. The maximum atomic E-state index is 13.0. The molecule has 0 saturated carbocycles. The molecule has 140 valence electrons. The van der Waals surface area contributed by atoms with E-state index in [4.69, 9.17) is 4.74 Å². The zero-order valence-corrected chi connectivity index (χ0v) is 16.4. The van der Waals surface area contributed by atoms with Crippen LogP contribution >= 0.6 is 11.3 Å². The van der Waals surface area contributed by atoms with E-state index in [0.29, 0.717) is 24.7 Å². The molecule has 7 nitrogen and oxygen atoms in total. The lowest BCUT2D eigenvalue weighted by atomic mass is 9.92. The fourth-order valence-electron chi connectivity index (χ4n) is 3.34. The van der Waals surface area contributed by atoms with Crippen molar-refractivity contribution < 1.29 is 9.53 Å². The van der Waals surface area contributed by atoms with Gasteiger partial charge in [-0.2, -0.15) is 0 Å². The van der Waals surface area contributed by atoms with Crippen LogP contribution in [0.5, 0.6) is 0 Å². The van der Waals surface area contributed by atoms with Gasteiger partial charge in [0.2, 0.25) is 0 Å². The number of amides is 1. The van der Waals surface area contributed by atoms with Gasteiger partial charge in [-0.05, 0) is 40.5 Å². The van der Waals surface area contributed by atoms with Crippen molar-refractivity contribution in [1.82, 2.24) is 19.9 Å². The summed E-state index contributed by atoms with van der Waals surface area (Å²) in [5.41, 5.74) is -0.0300. The summed E-state index contributed by atoms with van der Waals surface area (Å²) in [5, 5.41) is 2.72. The van der Waals surface area contributed by atoms with Crippen molar-refractivity contribution in [3.63, 3.8) is 0 Å². The fourth-order valence-corrected chi connectivity index (χ4v) is 3.94. The second-order valence-corrected chi connectivity index (χ2v) is 8.13. The highest BCUT2D eigenvalue weighted by Crippen LogP contribution is 2.28. The van der Waals surface area contributed by atoms with Crippen LogP contribution in [0.2, 0.25) is 0 Å². The third kappa shape index (κ3) is 3.86. The number of hydrogen-bond donors (Lipinski definition) is 1. The summed E-state index contributed by atoms with van der Waals surface area (Å²) in [6, 6.07) is 0.0523. The summed E-state index contributed by atoms with van der Waals surface area (Å²) in [6.07, 6.45) is 2.87. The molecular formula is C18H24N4O3S. The number of hydrogen-bond acceptors (Lipinski definition) is 6. The number of ether oxygens (including phenoxy) is 1. The van der Waals surface area contributed by atoms with Crippen LogP contribution in [0.25, 0.3) is 11.5 Å². The van der Waals surface area contributed by atoms with Crippen molar-refractivity contribution >= 4 is 17.2 Å². The van der Waals surface area contributed by atoms with Crippen LogP contribution in [0.1, 0.15) is 49.0 Å². The number of carbonyl (C=O) groups is 1. The Balaban J connectivity index is 1.85. The number of aromatic amines is 1. The number of aryl methyl sites for hydroxylation is 1. The third-order valence-electron chi connectivity index (χ3n) is 4.60. The van der Waals surface area contributed by atoms with E-state index in [0.717, 1.165) is 17.8 Å². The van der Waals surface area contributed by atoms with Crippen LogP contribution in [0.15, 0.2) is 16.4 Å². The van der Waals surface area contributed by atoms with E-state index in [2.05, 4.69) is 15.0 Å². The maximum absolute atomic E-state index is 13.0. The molecule has 1 saturated heterocycles. The first-order valence-electron chi connectivity index (χ1n) is 8.77. The molecule has 8 heteroatoms. The van der Waals surface area contributed by atoms with Gasteiger partial charge in [-0.3, -0.25) is 9.59 Å². The SMILES string of the molecule is CCN(C(=O)c1cnc(-c2csc(C)n2)[nH]c1=O)[C@H]1CCOC(C)(C)C1. The molecule has 1 fully saturated rings. The predicted octanol–water partition coefficient (Wildman–Crippen LogP) is 2.62. The summed E-state index contributed by atoms with van der Waals surface area (Å²) in [5.74, 6) is 0.0936. The molecule has 3 rings (SSSR count). The molecule has 0 aliphatic carbocycles. The van der Waals surface area contributed by atoms with Gasteiger partial charge in [-0.1, -0.05) is 0 Å². The molecule has 0 aromatic carbocycles. The first kappa shape index (κ1) is 18.7. The molecule has 1 N–H and O–H groups in total. The standard InChI is InChI=1S/C18H24N4O3S/c1-5-22(12-6-7-25-18(3,4)8-12)17(24)13-9-19-15(21-16(13)23)14-10-26-11(2)20-14/h9-10,12H,5-8H2,1-4H3,(H,19,21,23)/t12-/m0/s1. The molecule has 3 heterocycles. The van der Waals surface area contributed by atoms with Gasteiger partial charge in [0.15, 0.2) is 5.82 Å². The lowest BCUT2D eigenvalue weighted by Crippen LogP contribution is -2.49. The lowest BCUT2D eigenvalue weighted by Gasteiger charge is -2.40. The second kappa shape index (κ2) is 7.28. The van der Waals surface area contributed by atoms with E-state index >= 15 is 0 Å². The Bertz CT molecular complexity index is 858. The van der Waals surface area contributed by atoms with Crippen LogP contribution in [0.3, 0.4) is 0 Å². The molecule has 1 aliphatic heterocycles. The third-order valence-corrected chi connectivity index (χ3v) is 5.38. The van der Waals surface area contributed by atoms with Crippen molar-refractivity contribution in [2.45, 2.75) is 52.2 Å². The average Bonchev–Trinajstić information content (AvgIpc) is 3.01. The van der Waals surface area contributed by atoms with Crippen LogP contribution in [-0.4, -0.2) is 50.6 Å². The molecule has 0 bridgehead atoms. The van der Waals surface area contributed by atoms with E-state index in [1.165, 1.54) is 17.5 Å². The molecule has 1 atom stereocenters. The predicted molar refractivity (Wildman–Crippen MR) is 100 cm³/mol. The molecule has 26 heavy (non-hydrogen) atoms. The summed E-state index contributed by atoms with van der Waals surface area (Å²) < 4.78 is 5.74. The zero-order chi connectivity index (χ0) is 18.9. The van der Waals surface area contributed by atoms with Gasteiger partial charge in [0, 0.05) is 30.8 Å². The fraction of sp³-hybridized carbons (Fsp3) is 0.556. The highest BCUT2D eigenvalue weighted by molar-refractivity contribution is 7.09. The highest BCUT2D eigenvalue weighted by Gasteiger charge is 2.34. The zero-order valence-electron chi connectivity index (χ0n) is 15.5. The molecule has 0 spiro atoms. The Labute approximate surface area is 156 Å². The Morgan fingerprint density at radius 1 is 1.50 bits per heavy atom. The highest BCUT2D eigenvalue weighted by atomic mass is 32.1. The summed E-state index contributed by atoms with van der Waals surface area (Å²) in [4.78, 5) is 38.5. The van der Waals surface area contributed by atoms with Crippen molar-refractivity contribution in [3.05, 3.63) is 32.5 Å². The molecule has 2 aromatic heterocycles. The number of carbonyl (C=O) groups excluding carboxylic acids is 1. The van der Waals surface area contributed by atoms with Gasteiger partial charge >= 0.3 is 0 Å². The van der Waals surface area contributed by atoms with E-state index in [1.54, 1.807) is 4.90 Å². The summed E-state index contributed by atoms with van der Waals surface area (Å²) >= 11 is 1.48. The Kier molecular flexibility index (Phi) is 5.24. The molecular weight excluding hydrogens is 352 g/mol. The Morgan fingerprint density at radius 2 is 2.27 bits per heavy atom. The van der Waals surface area contributed by atoms with Crippen molar-refractivity contribution in [3.8, 4) is 11.5 Å². The van der Waals surface area contributed by atoms with E-state index in [-0.39, 0.29) is 23.1 Å². The molecule has 0 unspecified atom stereocenters. The number of nitrogens with zero attached hydrogens (tertiary/aromatic N) is 3. The van der Waals surface area contributed by atoms with Gasteiger partial charge in [-0.15, -0.1) is 11.3 Å². The Hall–Kier alpha value is -2.06. The first-order valence-corrected chi connectivity index (χ1v) is 9.65. The van der Waals surface area contributed by atoms with Crippen LogP contribution in [0.4, 0.5) is 0 Å². The minimum atomic E-state index is -0.435. The van der Waals surface area contributed by atoms with E-state index < -0.39 is 5.56 Å². The van der Waals surface area contributed by atoms with Crippen molar-refractivity contribution in [1.29, 1.82) is 0 Å². The van der Waals surface area contributed by atoms with Gasteiger partial charge in [0.05, 0.1) is 10.6 Å². The van der Waals surface area contributed by atoms with Gasteiger partial charge in [0.25, 0.3) is 11.5 Å². The monoisotopic (exact) mass is 376 g/mol. The maximum Gasteiger partial charge on any atom is 0.264 e. The average molecular weight is 376 g/mol. The summed E-state index contributed by atoms with van der Waals surface area (Å²) in [7, 11) is 0. The molecule has 1 aliphatic rings. The van der Waals surface area contributed by atoms with Crippen molar-refractivity contribution in [2.75, 3.05) is 13.2 Å². The minimum Gasteiger partial charge on any atom is -0.375 e. The smallest absolute Gasteiger partial charge is 0.264 e. The summed E-state index contributed by atoms with van der Waals surface area (Å²) in [6.45, 7) is 9.00. The number of rotatable bonds is 4. The topological polar surface area (TPSA) is 88.2 Å². The number of H-pyrrole nitrogens is 1. The number of aromatic nitrogens is 3. The molecule has 0 radical (unpaired) electrons. The van der Waals surface area contributed by atoms with Gasteiger partial charge in [0.1, 0.15) is 11.3 Å². The Morgan fingerprint density at radius 3 is 2.85 bits per heavy atom. The molecule has 1 amide bonds.